The molecule has 2 N–H and O–H groups in total. The van der Waals surface area contributed by atoms with Gasteiger partial charge in [0.05, 0.1) is 16.7 Å². The lowest BCUT2D eigenvalue weighted by atomic mass is 10.2. The average molecular weight is 345 g/mol. The molecule has 0 aliphatic carbocycles. The zero-order valence-electron chi connectivity index (χ0n) is 13.2. The Bertz CT molecular complexity index is 897. The summed E-state index contributed by atoms with van der Waals surface area (Å²) in [5, 5.41) is 3.30. The smallest absolute Gasteiger partial charge is 0.293 e. The highest BCUT2D eigenvalue weighted by molar-refractivity contribution is 6.42. The normalized spacial score (nSPS) is 10.9. The maximum absolute atomic E-state index is 12.0. The Morgan fingerprint density at radius 3 is 2.92 bits per heavy atom. The van der Waals surface area contributed by atoms with Gasteiger partial charge in [0.15, 0.2) is 0 Å². The molecule has 0 fully saturated rings. The molecule has 0 atom stereocenters. The van der Waals surface area contributed by atoms with Crippen LogP contribution in [0.2, 0.25) is 5.02 Å². The highest BCUT2D eigenvalue weighted by Gasteiger charge is 2.17. The van der Waals surface area contributed by atoms with Crippen molar-refractivity contribution in [2.75, 3.05) is 6.54 Å². The minimum absolute atomic E-state index is 0.377. The second-order valence-electron chi connectivity index (χ2n) is 5.54. The summed E-state index contributed by atoms with van der Waals surface area (Å²) in [6.45, 7) is 0.410. The number of carbonyl (C=O) groups excluding carboxylic acids is 2. The van der Waals surface area contributed by atoms with Gasteiger partial charge in [0.1, 0.15) is 5.82 Å². The van der Waals surface area contributed by atoms with Crippen LogP contribution >= 0.6 is 11.6 Å². The first-order chi connectivity index (χ1) is 11.5. The van der Waals surface area contributed by atoms with Crippen molar-refractivity contribution in [2.45, 2.75) is 12.8 Å². The molecular weight excluding hydrogens is 328 g/mol. The summed E-state index contributed by atoms with van der Waals surface area (Å²) in [5.74, 6) is -0.288. The number of rotatable bonds is 6. The third-order valence-corrected chi connectivity index (χ3v) is 3.99. The van der Waals surface area contributed by atoms with Crippen LogP contribution in [-0.4, -0.2) is 32.8 Å². The van der Waals surface area contributed by atoms with Crippen LogP contribution in [0.4, 0.5) is 0 Å². The van der Waals surface area contributed by atoms with Crippen molar-refractivity contribution < 1.29 is 9.59 Å². The van der Waals surface area contributed by atoms with Crippen LogP contribution in [0.15, 0.2) is 36.5 Å². The van der Waals surface area contributed by atoms with Crippen molar-refractivity contribution in [3.05, 3.63) is 53.1 Å². The van der Waals surface area contributed by atoms with E-state index in [0.29, 0.717) is 30.1 Å². The zero-order valence-corrected chi connectivity index (χ0v) is 13.9. The SMILES string of the molecule is Cn1cccc1C(=O)C(=O)NCCCc1nc2ccc(Cl)cc2[nH]1. The number of H-pyrrole nitrogens is 1. The number of ketones is 1. The van der Waals surface area contributed by atoms with Crippen molar-refractivity contribution in [1.82, 2.24) is 19.9 Å². The lowest BCUT2D eigenvalue weighted by Crippen LogP contribution is -2.32. The van der Waals surface area contributed by atoms with Crippen molar-refractivity contribution in [3.63, 3.8) is 0 Å². The molecule has 0 spiro atoms. The first-order valence-electron chi connectivity index (χ1n) is 7.62. The molecule has 0 aliphatic rings. The number of nitrogens with one attached hydrogen (secondary N) is 2. The fourth-order valence-corrected chi connectivity index (χ4v) is 2.68. The van der Waals surface area contributed by atoms with Crippen LogP contribution in [0.1, 0.15) is 22.7 Å². The second-order valence-corrected chi connectivity index (χ2v) is 5.97. The number of halogens is 1. The van der Waals surface area contributed by atoms with Gasteiger partial charge >= 0.3 is 0 Å². The molecular formula is C17H17ClN4O2. The molecule has 3 rings (SSSR count). The van der Waals surface area contributed by atoms with E-state index in [9.17, 15) is 9.59 Å². The number of hydrogen-bond acceptors (Lipinski definition) is 3. The van der Waals surface area contributed by atoms with E-state index in [2.05, 4.69) is 15.3 Å². The van der Waals surface area contributed by atoms with Gasteiger partial charge in [-0.3, -0.25) is 9.59 Å². The van der Waals surface area contributed by atoms with Gasteiger partial charge in [0, 0.05) is 31.2 Å². The lowest BCUT2D eigenvalue weighted by Gasteiger charge is -2.04. The fraction of sp³-hybridized carbons (Fsp3) is 0.235. The summed E-state index contributed by atoms with van der Waals surface area (Å²) in [6, 6.07) is 8.84. The Morgan fingerprint density at radius 2 is 2.17 bits per heavy atom. The molecule has 0 unspecified atom stereocenters. The number of aromatic amines is 1. The van der Waals surface area contributed by atoms with E-state index < -0.39 is 11.7 Å². The van der Waals surface area contributed by atoms with Crippen LogP contribution < -0.4 is 5.32 Å². The van der Waals surface area contributed by atoms with Gasteiger partial charge in [-0.2, -0.15) is 0 Å². The molecule has 1 aromatic carbocycles. The van der Waals surface area contributed by atoms with E-state index in [4.69, 9.17) is 11.6 Å². The number of nitrogens with zero attached hydrogens (tertiary/aromatic N) is 2. The van der Waals surface area contributed by atoms with Crippen LogP contribution in [0.3, 0.4) is 0 Å². The summed E-state index contributed by atoms with van der Waals surface area (Å²) < 4.78 is 1.63. The molecule has 0 saturated heterocycles. The summed E-state index contributed by atoms with van der Waals surface area (Å²) >= 11 is 5.94. The molecule has 6 nitrogen and oxygen atoms in total. The van der Waals surface area contributed by atoms with Crippen molar-refractivity contribution in [1.29, 1.82) is 0 Å². The predicted octanol–water partition coefficient (Wildman–Crippen LogP) is 2.49. The molecule has 0 saturated carbocycles. The van der Waals surface area contributed by atoms with Gasteiger partial charge in [0.2, 0.25) is 0 Å². The Kier molecular flexibility index (Phi) is 4.66. The first-order valence-corrected chi connectivity index (χ1v) is 8.00. The van der Waals surface area contributed by atoms with Crippen molar-refractivity contribution >= 4 is 34.3 Å². The number of benzene rings is 1. The third kappa shape index (κ3) is 3.49. The lowest BCUT2D eigenvalue weighted by molar-refractivity contribution is -0.117. The van der Waals surface area contributed by atoms with Crippen molar-refractivity contribution in [3.8, 4) is 0 Å². The van der Waals surface area contributed by atoms with Gasteiger partial charge in [-0.1, -0.05) is 11.6 Å². The van der Waals surface area contributed by atoms with E-state index in [1.165, 1.54) is 0 Å². The zero-order chi connectivity index (χ0) is 17.1. The molecule has 7 heteroatoms. The summed E-state index contributed by atoms with van der Waals surface area (Å²) in [4.78, 5) is 31.5. The molecule has 3 aromatic rings. The van der Waals surface area contributed by atoms with Gasteiger partial charge in [-0.05, 0) is 36.8 Å². The Balaban J connectivity index is 1.50. The largest absolute Gasteiger partial charge is 0.349 e. The fourth-order valence-electron chi connectivity index (χ4n) is 2.50. The predicted molar refractivity (Wildman–Crippen MR) is 92.2 cm³/mol. The Labute approximate surface area is 143 Å². The molecule has 2 heterocycles. The number of hydrogen-bond donors (Lipinski definition) is 2. The number of fused-ring (bicyclic) bond motifs is 1. The van der Waals surface area contributed by atoms with E-state index >= 15 is 0 Å². The van der Waals surface area contributed by atoms with Gasteiger partial charge in [0.25, 0.3) is 11.7 Å². The topological polar surface area (TPSA) is 79.8 Å². The standard InChI is InChI=1S/C17H17ClN4O2/c1-22-9-3-4-14(22)16(23)17(24)19-8-2-5-15-20-12-7-6-11(18)10-13(12)21-15/h3-4,6-7,9-10H,2,5,8H2,1H3,(H,19,24)(H,20,21). The molecule has 2 aromatic heterocycles. The highest BCUT2D eigenvalue weighted by Crippen LogP contribution is 2.17. The van der Waals surface area contributed by atoms with E-state index in [1.807, 2.05) is 12.1 Å². The van der Waals surface area contributed by atoms with Crippen LogP contribution in [0, 0.1) is 0 Å². The summed E-state index contributed by atoms with van der Waals surface area (Å²) in [6.07, 6.45) is 3.08. The molecule has 0 radical (unpaired) electrons. The van der Waals surface area contributed by atoms with Gasteiger partial charge < -0.3 is 14.9 Å². The van der Waals surface area contributed by atoms with Crippen molar-refractivity contribution in [2.24, 2.45) is 7.05 Å². The number of carbonyl (C=O) groups is 2. The number of imidazole rings is 1. The minimum Gasteiger partial charge on any atom is -0.349 e. The number of aryl methyl sites for hydroxylation is 2. The second kappa shape index (κ2) is 6.88. The van der Waals surface area contributed by atoms with E-state index in [1.54, 1.807) is 36.0 Å². The Morgan fingerprint density at radius 1 is 1.33 bits per heavy atom. The number of amides is 1. The molecule has 24 heavy (non-hydrogen) atoms. The number of Topliss-reactive ketones (excluding diaryl/α,β-unsaturated/α-hetero) is 1. The minimum atomic E-state index is -0.590. The highest BCUT2D eigenvalue weighted by atomic mass is 35.5. The van der Waals surface area contributed by atoms with Gasteiger partial charge in [-0.25, -0.2) is 4.98 Å². The van der Waals surface area contributed by atoms with Gasteiger partial charge in [-0.15, -0.1) is 0 Å². The maximum atomic E-state index is 12.0. The quantitative estimate of drug-likeness (QED) is 0.409. The number of aromatic nitrogens is 3. The summed E-state index contributed by atoms with van der Waals surface area (Å²) in [5.41, 5.74) is 2.12. The molecule has 0 bridgehead atoms. The summed E-state index contributed by atoms with van der Waals surface area (Å²) in [7, 11) is 1.73. The maximum Gasteiger partial charge on any atom is 0.293 e. The molecule has 1 amide bonds. The third-order valence-electron chi connectivity index (χ3n) is 3.75. The Hall–Kier alpha value is -2.60. The van der Waals surface area contributed by atoms with Crippen LogP contribution in [0.5, 0.6) is 0 Å². The molecule has 124 valence electrons. The molecule has 0 aliphatic heterocycles. The monoisotopic (exact) mass is 344 g/mol. The average Bonchev–Trinajstić information content (AvgIpc) is 3.15. The first kappa shape index (κ1) is 16.3. The van der Waals surface area contributed by atoms with E-state index in [-0.39, 0.29) is 0 Å². The van der Waals surface area contributed by atoms with E-state index in [0.717, 1.165) is 16.9 Å². The van der Waals surface area contributed by atoms with Crippen LogP contribution in [0.25, 0.3) is 11.0 Å². The van der Waals surface area contributed by atoms with Crippen LogP contribution in [-0.2, 0) is 18.3 Å².